The Kier molecular flexibility index (Phi) is 4.01. The van der Waals surface area contributed by atoms with E-state index in [1.165, 1.54) is 11.1 Å². The molecule has 0 fully saturated rings. The summed E-state index contributed by atoms with van der Waals surface area (Å²) in [5, 5.41) is 4.92. The van der Waals surface area contributed by atoms with Crippen molar-refractivity contribution in [2.24, 2.45) is 4.99 Å². The number of nitrogens with zero attached hydrogens (tertiary/aromatic N) is 3. The second kappa shape index (κ2) is 6.33. The van der Waals surface area contributed by atoms with Gasteiger partial charge in [0.25, 0.3) is 0 Å². The summed E-state index contributed by atoms with van der Waals surface area (Å²) in [5.74, 6) is 0.0146. The van der Waals surface area contributed by atoms with Crippen molar-refractivity contribution in [1.29, 1.82) is 0 Å². The average Bonchev–Trinajstić information content (AvgIpc) is 2.61. The first kappa shape index (κ1) is 15.8. The van der Waals surface area contributed by atoms with E-state index in [4.69, 9.17) is 17.2 Å². The molecule has 25 heavy (non-hydrogen) atoms. The number of hydrogen-bond acceptors (Lipinski definition) is 3. The minimum atomic E-state index is 0.0132. The van der Waals surface area contributed by atoms with Crippen LogP contribution >= 0.6 is 12.2 Å². The molecular formula is C20H18N4S. The van der Waals surface area contributed by atoms with E-state index in [2.05, 4.69) is 58.6 Å². The van der Waals surface area contributed by atoms with Gasteiger partial charge in [-0.3, -0.25) is 0 Å². The van der Waals surface area contributed by atoms with Crippen molar-refractivity contribution in [2.45, 2.75) is 25.8 Å². The molecule has 0 saturated carbocycles. The number of hydrogen-bond donors (Lipinski definition) is 1. The van der Waals surface area contributed by atoms with Crippen molar-refractivity contribution in [2.75, 3.05) is 0 Å². The third-order valence-electron chi connectivity index (χ3n) is 4.58. The van der Waals surface area contributed by atoms with Gasteiger partial charge in [-0.1, -0.05) is 29.8 Å². The van der Waals surface area contributed by atoms with Gasteiger partial charge in [0.15, 0.2) is 10.8 Å². The van der Waals surface area contributed by atoms with Gasteiger partial charge < -0.3 is 5.32 Å². The third kappa shape index (κ3) is 3.03. The standard InChI is InChI=1S/C20H18N4S/c1-12-5-7-14(8-6-12)18-17(13(2)22-20(25)24-18)16-10-9-15-4-3-11-21-19(15)23-16/h3-11,17-18H,1-2H3,(H,24,25). The summed E-state index contributed by atoms with van der Waals surface area (Å²) in [5.41, 5.74) is 5.08. The molecule has 2 atom stereocenters. The van der Waals surface area contributed by atoms with Crippen molar-refractivity contribution in [1.82, 2.24) is 15.3 Å². The Labute approximate surface area is 152 Å². The van der Waals surface area contributed by atoms with Crippen LogP contribution in [-0.2, 0) is 0 Å². The highest BCUT2D eigenvalue weighted by Gasteiger charge is 2.32. The molecule has 1 aliphatic rings. The van der Waals surface area contributed by atoms with E-state index in [9.17, 15) is 0 Å². The molecule has 3 heterocycles. The Balaban J connectivity index is 1.83. The van der Waals surface area contributed by atoms with Crippen LogP contribution < -0.4 is 5.32 Å². The zero-order valence-electron chi connectivity index (χ0n) is 14.1. The van der Waals surface area contributed by atoms with Crippen LogP contribution in [0.1, 0.15) is 35.7 Å². The fourth-order valence-electron chi connectivity index (χ4n) is 3.29. The van der Waals surface area contributed by atoms with Crippen molar-refractivity contribution < 1.29 is 0 Å². The van der Waals surface area contributed by atoms with Gasteiger partial charge in [0.05, 0.1) is 17.7 Å². The molecule has 0 saturated heterocycles. The van der Waals surface area contributed by atoms with Gasteiger partial charge in [-0.05, 0) is 55.9 Å². The zero-order valence-corrected chi connectivity index (χ0v) is 14.9. The van der Waals surface area contributed by atoms with Crippen LogP contribution in [0, 0.1) is 6.92 Å². The molecule has 2 unspecified atom stereocenters. The first-order chi connectivity index (χ1) is 12.1. The zero-order chi connectivity index (χ0) is 17.4. The lowest BCUT2D eigenvalue weighted by molar-refractivity contribution is 0.584. The van der Waals surface area contributed by atoms with Gasteiger partial charge in [0, 0.05) is 17.3 Å². The molecule has 1 N–H and O–H groups in total. The fourth-order valence-corrected chi connectivity index (χ4v) is 3.57. The second-order valence-corrected chi connectivity index (χ2v) is 6.74. The minimum Gasteiger partial charge on any atom is -0.353 e. The van der Waals surface area contributed by atoms with E-state index in [-0.39, 0.29) is 12.0 Å². The quantitative estimate of drug-likeness (QED) is 0.710. The van der Waals surface area contributed by atoms with Gasteiger partial charge in [-0.15, -0.1) is 0 Å². The minimum absolute atomic E-state index is 0.0132. The first-order valence-corrected chi connectivity index (χ1v) is 8.66. The fraction of sp³-hybridized carbons (Fsp3) is 0.200. The Hall–Kier alpha value is -2.66. The molecule has 4 rings (SSSR count). The number of rotatable bonds is 2. The first-order valence-electron chi connectivity index (χ1n) is 8.26. The number of aliphatic imine (C=N–C) groups is 1. The summed E-state index contributed by atoms with van der Waals surface area (Å²) in [6.07, 6.45) is 1.77. The summed E-state index contributed by atoms with van der Waals surface area (Å²) >= 11 is 5.33. The highest BCUT2D eigenvalue weighted by Crippen LogP contribution is 2.34. The molecule has 0 bridgehead atoms. The maximum atomic E-state index is 5.33. The van der Waals surface area contributed by atoms with E-state index in [1.807, 2.05) is 19.1 Å². The predicted molar refractivity (Wildman–Crippen MR) is 105 cm³/mol. The predicted octanol–water partition coefficient (Wildman–Crippen LogP) is 4.11. The van der Waals surface area contributed by atoms with Crippen LogP contribution in [-0.4, -0.2) is 20.8 Å². The molecule has 0 spiro atoms. The summed E-state index contributed by atoms with van der Waals surface area (Å²) < 4.78 is 0. The van der Waals surface area contributed by atoms with Gasteiger partial charge in [-0.25, -0.2) is 15.0 Å². The molecule has 2 aromatic heterocycles. The van der Waals surface area contributed by atoms with E-state index < -0.39 is 0 Å². The van der Waals surface area contributed by atoms with Gasteiger partial charge in [0.2, 0.25) is 0 Å². The number of aryl methyl sites for hydroxylation is 1. The van der Waals surface area contributed by atoms with Gasteiger partial charge >= 0.3 is 0 Å². The van der Waals surface area contributed by atoms with E-state index in [1.54, 1.807) is 6.20 Å². The van der Waals surface area contributed by atoms with Crippen LogP contribution in [0.5, 0.6) is 0 Å². The topological polar surface area (TPSA) is 50.2 Å². The molecule has 1 aliphatic heterocycles. The molecule has 3 aromatic rings. The highest BCUT2D eigenvalue weighted by atomic mass is 32.1. The lowest BCUT2D eigenvalue weighted by atomic mass is 9.85. The lowest BCUT2D eigenvalue weighted by Crippen LogP contribution is -2.38. The number of aromatic nitrogens is 2. The summed E-state index contributed by atoms with van der Waals surface area (Å²) in [4.78, 5) is 13.7. The maximum Gasteiger partial charge on any atom is 0.193 e. The Bertz CT molecular complexity index is 978. The van der Waals surface area contributed by atoms with Crippen LogP contribution in [0.25, 0.3) is 11.0 Å². The summed E-state index contributed by atoms with van der Waals surface area (Å²) in [7, 11) is 0. The van der Waals surface area contributed by atoms with Crippen molar-refractivity contribution in [3.8, 4) is 0 Å². The molecule has 124 valence electrons. The number of thiocarbonyl (C=S) groups is 1. The van der Waals surface area contributed by atoms with Crippen LogP contribution in [0.3, 0.4) is 0 Å². The summed E-state index contributed by atoms with van der Waals surface area (Å²) in [6, 6.07) is 16.6. The molecule has 0 aliphatic carbocycles. The Morgan fingerprint density at radius 1 is 1.00 bits per heavy atom. The number of benzene rings is 1. The molecule has 0 radical (unpaired) electrons. The summed E-state index contributed by atoms with van der Waals surface area (Å²) in [6.45, 7) is 4.10. The number of nitrogens with one attached hydrogen (secondary N) is 1. The van der Waals surface area contributed by atoms with Crippen molar-refractivity contribution in [3.63, 3.8) is 0 Å². The third-order valence-corrected chi connectivity index (χ3v) is 4.79. The normalized spacial score (nSPS) is 20.2. The Morgan fingerprint density at radius 3 is 2.60 bits per heavy atom. The maximum absolute atomic E-state index is 5.33. The van der Waals surface area contributed by atoms with E-state index >= 15 is 0 Å². The van der Waals surface area contributed by atoms with Crippen molar-refractivity contribution in [3.05, 3.63) is 71.5 Å². The van der Waals surface area contributed by atoms with E-state index in [0.29, 0.717) is 5.11 Å². The smallest absolute Gasteiger partial charge is 0.193 e. The highest BCUT2D eigenvalue weighted by molar-refractivity contribution is 7.80. The number of fused-ring (bicyclic) bond motifs is 1. The van der Waals surface area contributed by atoms with Gasteiger partial charge in [0.1, 0.15) is 0 Å². The van der Waals surface area contributed by atoms with Crippen LogP contribution in [0.2, 0.25) is 0 Å². The SMILES string of the molecule is CC1=NC(=S)NC(c2ccc(C)cc2)C1c1ccc2cccnc2n1. The molecule has 1 aromatic carbocycles. The Morgan fingerprint density at radius 2 is 1.80 bits per heavy atom. The average molecular weight is 346 g/mol. The molecule has 4 nitrogen and oxygen atoms in total. The number of pyridine rings is 2. The largest absolute Gasteiger partial charge is 0.353 e. The van der Waals surface area contributed by atoms with Crippen molar-refractivity contribution >= 4 is 34.1 Å². The molecule has 0 amide bonds. The molecule has 5 heteroatoms. The second-order valence-electron chi connectivity index (χ2n) is 6.35. The monoisotopic (exact) mass is 346 g/mol. The molecular weight excluding hydrogens is 328 g/mol. The van der Waals surface area contributed by atoms with Crippen LogP contribution in [0.15, 0.2) is 59.7 Å². The lowest BCUT2D eigenvalue weighted by Gasteiger charge is -2.32. The van der Waals surface area contributed by atoms with Gasteiger partial charge in [-0.2, -0.15) is 0 Å². The van der Waals surface area contributed by atoms with E-state index in [0.717, 1.165) is 22.4 Å². The van der Waals surface area contributed by atoms with Crippen LogP contribution in [0.4, 0.5) is 0 Å².